The van der Waals surface area contributed by atoms with E-state index < -0.39 is 5.82 Å². The molecule has 1 aliphatic rings. The maximum atomic E-state index is 13.5. The molecule has 10 heteroatoms. The molecule has 1 fully saturated rings. The minimum absolute atomic E-state index is 0.0106. The zero-order chi connectivity index (χ0) is 30.9. The Bertz CT molecular complexity index is 2000. The number of phenolic OH excluding ortho intramolecular Hbond substituents is 1. The highest BCUT2D eigenvalue weighted by molar-refractivity contribution is 5.96. The topological polar surface area (TPSA) is 113 Å². The average Bonchev–Trinajstić information content (AvgIpc) is 3.44. The highest BCUT2D eigenvalue weighted by atomic mass is 19.1. The molecule has 0 aliphatic carbocycles. The summed E-state index contributed by atoms with van der Waals surface area (Å²) < 4.78 is 15.5. The Morgan fingerprint density at radius 1 is 0.867 bits per heavy atom. The fourth-order valence-electron chi connectivity index (χ4n) is 5.91. The Kier molecular flexibility index (Phi) is 7.40. The van der Waals surface area contributed by atoms with Gasteiger partial charge in [0.1, 0.15) is 23.1 Å². The molecule has 224 valence electrons. The maximum Gasteiger partial charge on any atom is 0.153 e. The third-order valence-electron chi connectivity index (χ3n) is 8.30. The smallest absolute Gasteiger partial charge is 0.153 e. The SMILES string of the molecule is Nc1ncccc1-c1cn2cc(-c3ccc(F)cn3)ncc2c1-c1ccc(CN2CCN(c3ccc(C=O)c(O)c3)CC2)cc1. The number of hydrogen-bond acceptors (Lipinski definition) is 8. The van der Waals surface area contributed by atoms with E-state index in [9.17, 15) is 14.3 Å². The van der Waals surface area contributed by atoms with Crippen molar-refractivity contribution in [2.24, 2.45) is 0 Å². The number of aldehydes is 1. The molecule has 0 saturated carbocycles. The molecule has 4 aromatic heterocycles. The van der Waals surface area contributed by atoms with Gasteiger partial charge in [0, 0.05) is 79.8 Å². The second-order valence-corrected chi connectivity index (χ2v) is 11.1. The van der Waals surface area contributed by atoms with Crippen molar-refractivity contribution in [3.63, 3.8) is 0 Å². The molecule has 0 amide bonds. The maximum absolute atomic E-state index is 13.5. The molecule has 5 heterocycles. The van der Waals surface area contributed by atoms with Crippen LogP contribution in [0.1, 0.15) is 15.9 Å². The van der Waals surface area contributed by atoms with Gasteiger partial charge in [-0.05, 0) is 47.5 Å². The Morgan fingerprint density at radius 2 is 1.67 bits per heavy atom. The Labute approximate surface area is 259 Å². The minimum atomic E-state index is -0.397. The van der Waals surface area contributed by atoms with Gasteiger partial charge in [0.25, 0.3) is 0 Å². The summed E-state index contributed by atoms with van der Waals surface area (Å²) in [6, 6.07) is 20.6. The first-order valence-electron chi connectivity index (χ1n) is 14.6. The van der Waals surface area contributed by atoms with Gasteiger partial charge in [0.2, 0.25) is 0 Å². The summed E-state index contributed by atoms with van der Waals surface area (Å²) in [4.78, 5) is 28.9. The lowest BCUT2D eigenvalue weighted by atomic mass is 9.97. The fraction of sp³-hybridized carbons (Fsp3) is 0.143. The summed E-state index contributed by atoms with van der Waals surface area (Å²) in [5, 5.41) is 10.1. The van der Waals surface area contributed by atoms with Crippen LogP contribution in [0.25, 0.3) is 39.2 Å². The van der Waals surface area contributed by atoms with E-state index in [1.54, 1.807) is 24.4 Å². The van der Waals surface area contributed by atoms with Crippen molar-refractivity contribution >= 4 is 23.3 Å². The lowest BCUT2D eigenvalue weighted by Crippen LogP contribution is -2.45. The molecule has 7 rings (SSSR count). The molecule has 0 atom stereocenters. The fourth-order valence-corrected chi connectivity index (χ4v) is 5.91. The summed E-state index contributed by atoms with van der Waals surface area (Å²) in [6.07, 6.45) is 9.25. The van der Waals surface area contributed by atoms with Crippen molar-refractivity contribution in [3.05, 3.63) is 115 Å². The molecule has 3 N–H and O–H groups in total. The average molecular weight is 600 g/mol. The number of phenols is 1. The van der Waals surface area contributed by atoms with Crippen LogP contribution in [0, 0.1) is 5.82 Å². The third-order valence-corrected chi connectivity index (χ3v) is 8.30. The number of nitrogens with zero attached hydrogens (tertiary/aromatic N) is 6. The molecular formula is C35H30FN7O2. The van der Waals surface area contributed by atoms with E-state index >= 15 is 0 Å². The highest BCUT2D eigenvalue weighted by Crippen LogP contribution is 2.39. The van der Waals surface area contributed by atoms with Gasteiger partial charge in [0.05, 0.1) is 29.2 Å². The molecule has 6 aromatic rings. The van der Waals surface area contributed by atoms with Gasteiger partial charge < -0.3 is 20.1 Å². The molecule has 2 aromatic carbocycles. The molecule has 9 nitrogen and oxygen atoms in total. The number of piperazine rings is 1. The zero-order valence-electron chi connectivity index (χ0n) is 24.3. The number of carbonyl (C=O) groups is 1. The monoisotopic (exact) mass is 599 g/mol. The quantitative estimate of drug-likeness (QED) is 0.225. The highest BCUT2D eigenvalue weighted by Gasteiger charge is 2.20. The van der Waals surface area contributed by atoms with Crippen LogP contribution in [-0.4, -0.2) is 61.8 Å². The van der Waals surface area contributed by atoms with Crippen LogP contribution >= 0.6 is 0 Å². The van der Waals surface area contributed by atoms with Crippen LogP contribution in [0.5, 0.6) is 5.75 Å². The number of aromatic hydroxyl groups is 1. The summed E-state index contributed by atoms with van der Waals surface area (Å²) >= 11 is 0. The van der Waals surface area contributed by atoms with Gasteiger partial charge in [0.15, 0.2) is 6.29 Å². The first-order valence-corrected chi connectivity index (χ1v) is 14.6. The molecule has 1 saturated heterocycles. The second kappa shape index (κ2) is 11.8. The third kappa shape index (κ3) is 5.59. The number of halogens is 1. The standard InChI is InChI=1S/C35H30FN7O2/c36-26-8-10-30(39-17-26)31-21-43-20-29(28-2-1-11-38-35(28)37)34(32(43)18-40-31)24-5-3-23(4-6-24)19-41-12-14-42(15-13-41)27-9-7-25(22-44)33(45)16-27/h1-11,16-18,20-22,45H,12-15,19H2,(H2,37,38). The van der Waals surface area contributed by atoms with Crippen molar-refractivity contribution in [2.75, 3.05) is 36.8 Å². The van der Waals surface area contributed by atoms with E-state index in [2.05, 4.69) is 49.0 Å². The van der Waals surface area contributed by atoms with E-state index in [1.165, 1.54) is 17.8 Å². The second-order valence-electron chi connectivity index (χ2n) is 11.1. The van der Waals surface area contributed by atoms with Gasteiger partial charge in [-0.3, -0.25) is 19.7 Å². The van der Waals surface area contributed by atoms with Gasteiger partial charge in [-0.2, -0.15) is 0 Å². The number of fused-ring (bicyclic) bond motifs is 1. The number of nitrogens with two attached hydrogens (primary N) is 1. The van der Waals surface area contributed by atoms with Crippen molar-refractivity contribution in [1.82, 2.24) is 24.3 Å². The molecule has 45 heavy (non-hydrogen) atoms. The Morgan fingerprint density at radius 3 is 2.38 bits per heavy atom. The molecule has 1 aliphatic heterocycles. The largest absolute Gasteiger partial charge is 0.507 e. The number of nitrogen functional groups attached to an aromatic ring is 1. The number of anilines is 2. The summed E-state index contributed by atoms with van der Waals surface area (Å²) in [7, 11) is 0. The Balaban J connectivity index is 1.14. The van der Waals surface area contributed by atoms with E-state index in [4.69, 9.17) is 5.73 Å². The van der Waals surface area contributed by atoms with Crippen molar-refractivity contribution in [1.29, 1.82) is 0 Å². The van der Waals surface area contributed by atoms with Crippen LogP contribution in [0.3, 0.4) is 0 Å². The van der Waals surface area contributed by atoms with Crippen LogP contribution in [0.2, 0.25) is 0 Å². The van der Waals surface area contributed by atoms with Gasteiger partial charge >= 0.3 is 0 Å². The van der Waals surface area contributed by atoms with Gasteiger partial charge in [-0.15, -0.1) is 0 Å². The van der Waals surface area contributed by atoms with E-state index in [-0.39, 0.29) is 5.75 Å². The lowest BCUT2D eigenvalue weighted by molar-refractivity contribution is 0.112. The van der Waals surface area contributed by atoms with Crippen LogP contribution < -0.4 is 10.6 Å². The summed E-state index contributed by atoms with van der Waals surface area (Å²) in [6.45, 7) is 4.23. The van der Waals surface area contributed by atoms with Crippen molar-refractivity contribution in [3.8, 4) is 39.4 Å². The number of carbonyl (C=O) groups excluding carboxylic acids is 1. The first-order chi connectivity index (χ1) is 22.0. The molecule has 0 unspecified atom stereocenters. The number of aromatic nitrogens is 4. The minimum Gasteiger partial charge on any atom is -0.507 e. The number of rotatable bonds is 7. The normalized spacial score (nSPS) is 13.8. The molecule has 0 bridgehead atoms. The lowest BCUT2D eigenvalue weighted by Gasteiger charge is -2.36. The van der Waals surface area contributed by atoms with Gasteiger partial charge in [-0.1, -0.05) is 24.3 Å². The van der Waals surface area contributed by atoms with Gasteiger partial charge in [-0.25, -0.2) is 9.37 Å². The Hall–Kier alpha value is -5.61. The number of benzene rings is 2. The first kappa shape index (κ1) is 28.2. The molecule has 0 spiro atoms. The number of pyridine rings is 2. The summed E-state index contributed by atoms with van der Waals surface area (Å²) in [5.74, 6) is 0.0525. The van der Waals surface area contributed by atoms with E-state index in [1.807, 2.05) is 41.2 Å². The van der Waals surface area contributed by atoms with Crippen molar-refractivity contribution in [2.45, 2.75) is 6.54 Å². The van der Waals surface area contributed by atoms with E-state index in [0.29, 0.717) is 29.1 Å². The molecular weight excluding hydrogens is 569 g/mol. The van der Waals surface area contributed by atoms with E-state index in [0.717, 1.165) is 66.2 Å². The molecule has 0 radical (unpaired) electrons. The zero-order valence-corrected chi connectivity index (χ0v) is 24.3. The predicted molar refractivity (Wildman–Crippen MR) is 172 cm³/mol. The van der Waals surface area contributed by atoms with Crippen LogP contribution in [0.15, 0.2) is 97.7 Å². The predicted octanol–water partition coefficient (Wildman–Crippen LogP) is 5.69. The number of hydrogen-bond donors (Lipinski definition) is 2. The summed E-state index contributed by atoms with van der Waals surface area (Å²) in [5.41, 5.74) is 14.6. The van der Waals surface area contributed by atoms with Crippen LogP contribution in [0.4, 0.5) is 15.9 Å². The van der Waals surface area contributed by atoms with Crippen molar-refractivity contribution < 1.29 is 14.3 Å². The van der Waals surface area contributed by atoms with Crippen LogP contribution in [-0.2, 0) is 6.54 Å².